The van der Waals surface area contributed by atoms with Gasteiger partial charge in [0, 0.05) is 12.5 Å². The van der Waals surface area contributed by atoms with E-state index in [1.165, 1.54) is 148 Å². The Morgan fingerprint density at radius 2 is 0.921 bits per heavy atom. The molecule has 38 heavy (non-hydrogen) atoms. The van der Waals surface area contributed by atoms with E-state index in [0.717, 1.165) is 19.3 Å². The maximum Gasteiger partial charge on any atom is 0.220 e. The number of unbranched alkanes of at least 4 members (excludes halogenated alkanes) is 21. The van der Waals surface area contributed by atoms with E-state index in [4.69, 9.17) is 0 Å². The van der Waals surface area contributed by atoms with Crippen molar-refractivity contribution in [3.05, 3.63) is 24.3 Å². The highest BCUT2D eigenvalue weighted by atomic mass is 16.1. The molecular formula is C36H69NO. The van der Waals surface area contributed by atoms with Gasteiger partial charge >= 0.3 is 0 Å². The van der Waals surface area contributed by atoms with Gasteiger partial charge < -0.3 is 5.32 Å². The molecule has 1 amide bonds. The number of amides is 1. The van der Waals surface area contributed by atoms with Gasteiger partial charge in [-0.1, -0.05) is 160 Å². The van der Waals surface area contributed by atoms with E-state index in [2.05, 4.69) is 50.4 Å². The molecule has 0 spiro atoms. The molecule has 0 aliphatic heterocycles. The standard InChI is InChI=1S/C36H69NO/c1-4-6-8-10-12-14-16-18-20-22-24-26-28-30-32-34-36(38)37-35(3)33-31-29-27-25-23-21-19-17-15-13-11-9-7-5-2/h12,14,18,20,35H,4-11,13,15-17,19,21-34H2,1-3H3,(H,37,38). The van der Waals surface area contributed by atoms with Crippen LogP contribution in [0.5, 0.6) is 0 Å². The first-order valence-electron chi connectivity index (χ1n) is 17.3. The lowest BCUT2D eigenvalue weighted by Crippen LogP contribution is -2.32. The molecule has 0 aromatic rings. The summed E-state index contributed by atoms with van der Waals surface area (Å²) in [5, 5.41) is 3.22. The first kappa shape index (κ1) is 37.0. The molecule has 0 aliphatic carbocycles. The Labute approximate surface area is 240 Å². The quantitative estimate of drug-likeness (QED) is 0.0724. The van der Waals surface area contributed by atoms with E-state index < -0.39 is 0 Å². The Kier molecular flexibility index (Phi) is 31.3. The van der Waals surface area contributed by atoms with Crippen LogP contribution in [0.1, 0.15) is 194 Å². The molecule has 0 aromatic heterocycles. The molecule has 0 aliphatic rings. The summed E-state index contributed by atoms with van der Waals surface area (Å²) in [4.78, 5) is 12.2. The third kappa shape index (κ3) is 31.2. The van der Waals surface area contributed by atoms with E-state index in [-0.39, 0.29) is 5.91 Å². The van der Waals surface area contributed by atoms with Crippen LogP contribution in [0.3, 0.4) is 0 Å². The van der Waals surface area contributed by atoms with Crippen LogP contribution in [0.4, 0.5) is 0 Å². The molecule has 1 unspecified atom stereocenters. The monoisotopic (exact) mass is 532 g/mol. The largest absolute Gasteiger partial charge is 0.354 e. The van der Waals surface area contributed by atoms with E-state index >= 15 is 0 Å². The summed E-state index contributed by atoms with van der Waals surface area (Å²) in [5.74, 6) is 0.258. The highest BCUT2D eigenvalue weighted by Crippen LogP contribution is 2.14. The normalized spacial score (nSPS) is 12.6. The third-order valence-electron chi connectivity index (χ3n) is 7.75. The second-order valence-electron chi connectivity index (χ2n) is 11.8. The lowest BCUT2D eigenvalue weighted by Gasteiger charge is -2.13. The minimum Gasteiger partial charge on any atom is -0.354 e. The van der Waals surface area contributed by atoms with Crippen molar-refractivity contribution < 1.29 is 4.79 Å². The molecule has 0 heterocycles. The summed E-state index contributed by atoms with van der Waals surface area (Å²) in [7, 11) is 0. The average molecular weight is 532 g/mol. The first-order valence-corrected chi connectivity index (χ1v) is 17.3. The molecule has 2 heteroatoms. The molecule has 0 radical (unpaired) electrons. The fourth-order valence-corrected chi connectivity index (χ4v) is 5.16. The number of carbonyl (C=O) groups excluding carboxylic acids is 1. The van der Waals surface area contributed by atoms with Gasteiger partial charge in [-0.2, -0.15) is 0 Å². The van der Waals surface area contributed by atoms with Gasteiger partial charge in [-0.3, -0.25) is 4.79 Å². The Balaban J connectivity index is 3.35. The Morgan fingerprint density at radius 1 is 0.526 bits per heavy atom. The van der Waals surface area contributed by atoms with Crippen LogP contribution in [0.15, 0.2) is 24.3 Å². The van der Waals surface area contributed by atoms with Crippen molar-refractivity contribution in [2.24, 2.45) is 0 Å². The molecular weight excluding hydrogens is 462 g/mol. The Morgan fingerprint density at radius 3 is 1.45 bits per heavy atom. The van der Waals surface area contributed by atoms with E-state index in [1.807, 2.05) is 0 Å². The zero-order valence-electron chi connectivity index (χ0n) is 26.4. The molecule has 0 saturated heterocycles. The zero-order chi connectivity index (χ0) is 27.8. The predicted octanol–water partition coefficient (Wildman–Crippen LogP) is 12.2. The first-order chi connectivity index (χ1) is 18.7. The minimum atomic E-state index is 0.258. The van der Waals surface area contributed by atoms with E-state index in [1.54, 1.807) is 0 Å². The fourth-order valence-electron chi connectivity index (χ4n) is 5.16. The predicted molar refractivity (Wildman–Crippen MR) is 172 cm³/mol. The van der Waals surface area contributed by atoms with Gasteiger partial charge in [0.25, 0.3) is 0 Å². The maximum atomic E-state index is 12.2. The van der Waals surface area contributed by atoms with Gasteiger partial charge in [0.1, 0.15) is 0 Å². The third-order valence-corrected chi connectivity index (χ3v) is 7.75. The molecule has 2 nitrogen and oxygen atoms in total. The second-order valence-corrected chi connectivity index (χ2v) is 11.8. The van der Waals surface area contributed by atoms with Crippen molar-refractivity contribution in [3.8, 4) is 0 Å². The van der Waals surface area contributed by atoms with Crippen LogP contribution in [0.25, 0.3) is 0 Å². The molecule has 0 bridgehead atoms. The molecule has 0 rings (SSSR count). The molecule has 1 N–H and O–H groups in total. The van der Waals surface area contributed by atoms with Crippen LogP contribution in [0.2, 0.25) is 0 Å². The summed E-state index contributed by atoms with van der Waals surface area (Å²) in [5.41, 5.74) is 0. The van der Waals surface area contributed by atoms with Crippen LogP contribution >= 0.6 is 0 Å². The number of carbonyl (C=O) groups is 1. The lowest BCUT2D eigenvalue weighted by atomic mass is 10.0. The summed E-state index contributed by atoms with van der Waals surface area (Å²) >= 11 is 0. The van der Waals surface area contributed by atoms with Crippen LogP contribution in [0, 0.1) is 0 Å². The summed E-state index contributed by atoms with van der Waals surface area (Å²) in [6, 6.07) is 0.331. The molecule has 0 fully saturated rings. The van der Waals surface area contributed by atoms with Crippen LogP contribution in [-0.4, -0.2) is 11.9 Å². The van der Waals surface area contributed by atoms with Gasteiger partial charge in [0.15, 0.2) is 0 Å². The number of nitrogens with one attached hydrogen (secondary N) is 1. The summed E-state index contributed by atoms with van der Waals surface area (Å²) in [6.45, 7) is 6.72. The van der Waals surface area contributed by atoms with Gasteiger partial charge in [0.2, 0.25) is 5.91 Å². The average Bonchev–Trinajstić information content (AvgIpc) is 2.91. The van der Waals surface area contributed by atoms with Gasteiger partial charge in [0.05, 0.1) is 0 Å². The minimum absolute atomic E-state index is 0.258. The molecule has 0 aromatic carbocycles. The van der Waals surface area contributed by atoms with Crippen molar-refractivity contribution in [2.75, 3.05) is 0 Å². The zero-order valence-corrected chi connectivity index (χ0v) is 26.4. The van der Waals surface area contributed by atoms with Gasteiger partial charge in [-0.05, 0) is 51.9 Å². The molecule has 1 atom stereocenters. The lowest BCUT2D eigenvalue weighted by molar-refractivity contribution is -0.121. The molecule has 224 valence electrons. The van der Waals surface area contributed by atoms with Gasteiger partial charge in [-0.15, -0.1) is 0 Å². The Bertz CT molecular complexity index is 523. The fraction of sp³-hybridized carbons (Fsp3) is 0.861. The maximum absolute atomic E-state index is 12.2. The number of allylic oxidation sites excluding steroid dienone is 4. The smallest absolute Gasteiger partial charge is 0.220 e. The van der Waals surface area contributed by atoms with Crippen LogP contribution in [-0.2, 0) is 4.79 Å². The van der Waals surface area contributed by atoms with E-state index in [9.17, 15) is 4.79 Å². The SMILES string of the molecule is CCCCCC=CCC=CCCCCCCCC(=O)NC(C)CCCCCCCCCCCCCCCC. The topological polar surface area (TPSA) is 29.1 Å². The Hall–Kier alpha value is -1.05. The van der Waals surface area contributed by atoms with Crippen LogP contribution < -0.4 is 5.32 Å². The second kappa shape index (κ2) is 32.2. The van der Waals surface area contributed by atoms with Crippen molar-refractivity contribution in [3.63, 3.8) is 0 Å². The van der Waals surface area contributed by atoms with Crippen molar-refractivity contribution >= 4 is 5.91 Å². The number of hydrogen-bond acceptors (Lipinski definition) is 1. The van der Waals surface area contributed by atoms with Gasteiger partial charge in [-0.25, -0.2) is 0 Å². The molecule has 0 saturated carbocycles. The van der Waals surface area contributed by atoms with E-state index in [0.29, 0.717) is 12.5 Å². The summed E-state index contributed by atoms with van der Waals surface area (Å²) < 4.78 is 0. The highest BCUT2D eigenvalue weighted by molar-refractivity contribution is 5.76. The van der Waals surface area contributed by atoms with Crippen molar-refractivity contribution in [1.29, 1.82) is 0 Å². The van der Waals surface area contributed by atoms with Crippen molar-refractivity contribution in [2.45, 2.75) is 200 Å². The van der Waals surface area contributed by atoms with Crippen molar-refractivity contribution in [1.82, 2.24) is 5.32 Å². The number of rotatable bonds is 30. The number of hydrogen-bond donors (Lipinski definition) is 1. The highest BCUT2D eigenvalue weighted by Gasteiger charge is 2.07. The summed E-state index contributed by atoms with van der Waals surface area (Å²) in [6.07, 6.45) is 44.3.